The number of hydrogen-bond donors (Lipinski definition) is 1. The van der Waals surface area contributed by atoms with Crippen LogP contribution in [0.2, 0.25) is 0 Å². The molecule has 0 amide bonds. The highest BCUT2D eigenvalue weighted by atomic mass is 32.2. The van der Waals surface area contributed by atoms with Crippen LogP contribution in [-0.2, 0) is 10.0 Å². The molecule has 0 fully saturated rings. The van der Waals surface area contributed by atoms with Gasteiger partial charge in [-0.1, -0.05) is 35.5 Å². The summed E-state index contributed by atoms with van der Waals surface area (Å²) in [6.45, 7) is 0. The first kappa shape index (κ1) is 15.1. The molecule has 0 spiro atoms. The van der Waals surface area contributed by atoms with Crippen LogP contribution in [0.1, 0.15) is 0 Å². The zero-order valence-corrected chi connectivity index (χ0v) is 13.1. The summed E-state index contributed by atoms with van der Waals surface area (Å²) < 4.78 is 37.2. The SMILES string of the molecule is COc1ccc(S(=O)(=O)Nc2cc(-c3ccccc3)on2)cc1. The minimum absolute atomic E-state index is 0.113. The topological polar surface area (TPSA) is 81.4 Å². The van der Waals surface area contributed by atoms with E-state index in [-0.39, 0.29) is 10.7 Å². The summed E-state index contributed by atoms with van der Waals surface area (Å²) in [5, 5.41) is 3.75. The lowest BCUT2D eigenvalue weighted by Gasteiger charge is -2.05. The van der Waals surface area contributed by atoms with Gasteiger partial charge in [0.25, 0.3) is 10.0 Å². The van der Waals surface area contributed by atoms with Crippen LogP contribution in [0.25, 0.3) is 11.3 Å². The molecule has 23 heavy (non-hydrogen) atoms. The Morgan fingerprint density at radius 1 is 1.04 bits per heavy atom. The maximum Gasteiger partial charge on any atom is 0.263 e. The smallest absolute Gasteiger partial charge is 0.263 e. The minimum Gasteiger partial charge on any atom is -0.497 e. The molecular weight excluding hydrogens is 316 g/mol. The molecule has 0 saturated heterocycles. The van der Waals surface area contributed by atoms with Gasteiger partial charge in [-0.3, -0.25) is 4.72 Å². The van der Waals surface area contributed by atoms with Crippen LogP contribution in [0.4, 0.5) is 5.82 Å². The average Bonchev–Trinajstić information content (AvgIpc) is 3.03. The van der Waals surface area contributed by atoms with Crippen LogP contribution in [0, 0.1) is 0 Å². The lowest BCUT2D eigenvalue weighted by atomic mass is 10.2. The van der Waals surface area contributed by atoms with Gasteiger partial charge in [-0.15, -0.1) is 0 Å². The quantitative estimate of drug-likeness (QED) is 0.777. The Bertz CT molecular complexity index is 887. The molecule has 6 nitrogen and oxygen atoms in total. The minimum atomic E-state index is -3.74. The molecule has 3 rings (SSSR count). The second kappa shape index (κ2) is 6.13. The van der Waals surface area contributed by atoms with E-state index in [1.54, 1.807) is 12.1 Å². The molecule has 7 heteroatoms. The monoisotopic (exact) mass is 330 g/mol. The van der Waals surface area contributed by atoms with Crippen molar-refractivity contribution in [2.45, 2.75) is 4.90 Å². The first-order valence-corrected chi connectivity index (χ1v) is 8.26. The average molecular weight is 330 g/mol. The van der Waals surface area contributed by atoms with Gasteiger partial charge < -0.3 is 9.26 Å². The van der Waals surface area contributed by atoms with E-state index >= 15 is 0 Å². The summed E-state index contributed by atoms with van der Waals surface area (Å²) in [4.78, 5) is 0.113. The molecule has 0 aliphatic carbocycles. The summed E-state index contributed by atoms with van der Waals surface area (Å²) in [7, 11) is -2.22. The Morgan fingerprint density at radius 2 is 1.74 bits per heavy atom. The van der Waals surface area contributed by atoms with Gasteiger partial charge in [-0.25, -0.2) is 8.42 Å². The molecular formula is C16H14N2O4S. The van der Waals surface area contributed by atoms with Crippen molar-refractivity contribution in [2.75, 3.05) is 11.8 Å². The third-order valence-electron chi connectivity index (χ3n) is 3.18. The Kier molecular flexibility index (Phi) is 4.03. The third-order valence-corrected chi connectivity index (χ3v) is 4.55. The van der Waals surface area contributed by atoms with Gasteiger partial charge >= 0.3 is 0 Å². The van der Waals surface area contributed by atoms with Crippen molar-refractivity contribution in [2.24, 2.45) is 0 Å². The first-order valence-electron chi connectivity index (χ1n) is 6.77. The van der Waals surface area contributed by atoms with Crippen molar-refractivity contribution in [1.29, 1.82) is 0 Å². The van der Waals surface area contributed by atoms with Crippen LogP contribution < -0.4 is 9.46 Å². The molecule has 0 radical (unpaired) electrons. The highest BCUT2D eigenvalue weighted by Crippen LogP contribution is 2.24. The zero-order chi connectivity index (χ0) is 16.3. The van der Waals surface area contributed by atoms with Gasteiger partial charge in [0.05, 0.1) is 12.0 Å². The summed E-state index contributed by atoms with van der Waals surface area (Å²) in [5.41, 5.74) is 0.815. The van der Waals surface area contributed by atoms with Gasteiger partial charge in [0, 0.05) is 11.6 Å². The molecule has 1 heterocycles. The molecule has 0 bridgehead atoms. The number of sulfonamides is 1. The van der Waals surface area contributed by atoms with Gasteiger partial charge in [0.2, 0.25) is 0 Å². The van der Waals surface area contributed by atoms with Crippen LogP contribution in [0.15, 0.2) is 70.1 Å². The molecule has 0 saturated carbocycles. The number of aromatic nitrogens is 1. The lowest BCUT2D eigenvalue weighted by Crippen LogP contribution is -2.12. The molecule has 0 unspecified atom stereocenters. The van der Waals surface area contributed by atoms with Crippen LogP contribution in [-0.4, -0.2) is 20.7 Å². The van der Waals surface area contributed by atoms with E-state index in [2.05, 4.69) is 9.88 Å². The molecule has 0 aliphatic rings. The third kappa shape index (κ3) is 3.35. The first-order chi connectivity index (χ1) is 11.1. The van der Waals surface area contributed by atoms with E-state index in [4.69, 9.17) is 9.26 Å². The van der Waals surface area contributed by atoms with Crippen LogP contribution in [0.3, 0.4) is 0 Å². The van der Waals surface area contributed by atoms with E-state index in [1.165, 1.54) is 25.3 Å². The standard InChI is InChI=1S/C16H14N2O4S/c1-21-13-7-9-14(10-8-13)23(19,20)18-16-11-15(22-17-16)12-5-3-2-4-6-12/h2-11H,1H3,(H,17,18). The van der Waals surface area contributed by atoms with E-state index < -0.39 is 10.0 Å². The normalized spacial score (nSPS) is 11.2. The van der Waals surface area contributed by atoms with Crippen molar-refractivity contribution in [3.8, 4) is 17.1 Å². The molecule has 118 valence electrons. The zero-order valence-electron chi connectivity index (χ0n) is 12.3. The summed E-state index contributed by atoms with van der Waals surface area (Å²) >= 11 is 0. The van der Waals surface area contributed by atoms with Crippen molar-refractivity contribution in [3.63, 3.8) is 0 Å². The summed E-state index contributed by atoms with van der Waals surface area (Å²) in [5.74, 6) is 1.19. The van der Waals surface area contributed by atoms with E-state index in [9.17, 15) is 8.42 Å². The van der Waals surface area contributed by atoms with Crippen molar-refractivity contribution in [1.82, 2.24) is 5.16 Å². The van der Waals surface area contributed by atoms with Crippen molar-refractivity contribution < 1.29 is 17.7 Å². The summed E-state index contributed by atoms with van der Waals surface area (Å²) in [6.07, 6.45) is 0. The second-order valence-electron chi connectivity index (χ2n) is 4.72. The number of methoxy groups -OCH3 is 1. The van der Waals surface area contributed by atoms with Gasteiger partial charge in [0.1, 0.15) is 5.75 Å². The van der Waals surface area contributed by atoms with E-state index in [1.807, 2.05) is 30.3 Å². The van der Waals surface area contributed by atoms with Crippen molar-refractivity contribution >= 4 is 15.8 Å². The van der Waals surface area contributed by atoms with Gasteiger partial charge in [-0.2, -0.15) is 0 Å². The number of nitrogens with one attached hydrogen (secondary N) is 1. The van der Waals surface area contributed by atoms with E-state index in [0.717, 1.165) is 5.56 Å². The Morgan fingerprint density at radius 3 is 2.39 bits per heavy atom. The Hall–Kier alpha value is -2.80. The molecule has 0 atom stereocenters. The highest BCUT2D eigenvalue weighted by molar-refractivity contribution is 7.92. The second-order valence-corrected chi connectivity index (χ2v) is 6.41. The lowest BCUT2D eigenvalue weighted by molar-refractivity contribution is 0.414. The Balaban J connectivity index is 1.82. The fraction of sp³-hybridized carbons (Fsp3) is 0.0625. The molecule has 3 aromatic rings. The fourth-order valence-electron chi connectivity index (χ4n) is 2.01. The van der Waals surface area contributed by atoms with E-state index in [0.29, 0.717) is 11.5 Å². The predicted molar refractivity (Wildman–Crippen MR) is 85.7 cm³/mol. The maximum atomic E-state index is 12.3. The molecule has 1 aromatic heterocycles. The highest BCUT2D eigenvalue weighted by Gasteiger charge is 2.17. The fourth-order valence-corrected chi connectivity index (χ4v) is 3.00. The molecule has 0 aliphatic heterocycles. The largest absolute Gasteiger partial charge is 0.497 e. The van der Waals surface area contributed by atoms with Crippen LogP contribution >= 0.6 is 0 Å². The van der Waals surface area contributed by atoms with Gasteiger partial charge in [0.15, 0.2) is 11.6 Å². The van der Waals surface area contributed by atoms with Crippen LogP contribution in [0.5, 0.6) is 5.75 Å². The van der Waals surface area contributed by atoms with Gasteiger partial charge in [-0.05, 0) is 24.3 Å². The number of hydrogen-bond acceptors (Lipinski definition) is 5. The number of nitrogens with zero attached hydrogens (tertiary/aromatic N) is 1. The Labute approximate surface area is 133 Å². The predicted octanol–water partition coefficient (Wildman–Crippen LogP) is 3.15. The summed E-state index contributed by atoms with van der Waals surface area (Å²) in [6, 6.07) is 16.9. The molecule has 2 aromatic carbocycles. The van der Waals surface area contributed by atoms with Crippen molar-refractivity contribution in [3.05, 3.63) is 60.7 Å². The number of anilines is 1. The number of ether oxygens (including phenoxy) is 1. The number of benzene rings is 2. The number of rotatable bonds is 5. The maximum absolute atomic E-state index is 12.3. The molecule has 1 N–H and O–H groups in total.